The number of hydrogen-bond donors (Lipinski definition) is 1. The van der Waals surface area contributed by atoms with Gasteiger partial charge in [0, 0.05) is 25.2 Å². The predicted octanol–water partition coefficient (Wildman–Crippen LogP) is 2.60. The second-order valence-corrected chi connectivity index (χ2v) is 5.04. The van der Waals surface area contributed by atoms with Crippen LogP contribution >= 0.6 is 0 Å². The van der Waals surface area contributed by atoms with Crippen molar-refractivity contribution in [1.82, 2.24) is 4.90 Å². The number of nitrogen functional groups attached to an aromatic ring is 1. The van der Waals surface area contributed by atoms with Crippen molar-refractivity contribution in [3.05, 3.63) is 29.8 Å². The minimum absolute atomic E-state index is 0.333. The summed E-state index contributed by atoms with van der Waals surface area (Å²) < 4.78 is 0. The van der Waals surface area contributed by atoms with E-state index in [1.165, 1.54) is 12.0 Å². The van der Waals surface area contributed by atoms with E-state index in [2.05, 4.69) is 6.07 Å². The van der Waals surface area contributed by atoms with Gasteiger partial charge < -0.3 is 10.6 Å². The number of hydrogen-bond acceptors (Lipinski definition) is 2. The molecule has 2 rings (SSSR count). The zero-order valence-electron chi connectivity index (χ0n) is 10.9. The Hall–Kier alpha value is -1.51. The summed E-state index contributed by atoms with van der Waals surface area (Å²) in [6, 6.07) is 8.01. The zero-order chi connectivity index (χ0) is 12.8. The third-order valence-electron chi connectivity index (χ3n) is 3.52. The highest BCUT2D eigenvalue weighted by Crippen LogP contribution is 2.13. The van der Waals surface area contributed by atoms with E-state index >= 15 is 0 Å². The highest BCUT2D eigenvalue weighted by Gasteiger charge is 2.15. The SMILES string of the molecule is Nc1cccc(CCCN2CCCCCC2=O)c1. The molecule has 2 N–H and O–H groups in total. The first-order valence-corrected chi connectivity index (χ1v) is 6.88. The molecule has 0 unspecified atom stereocenters. The molecule has 0 atom stereocenters. The van der Waals surface area contributed by atoms with Crippen LogP contribution in [0.4, 0.5) is 5.69 Å². The first-order valence-electron chi connectivity index (χ1n) is 6.88. The molecule has 3 nitrogen and oxygen atoms in total. The molecule has 1 aliphatic heterocycles. The van der Waals surface area contributed by atoms with Crippen LogP contribution in [0.1, 0.15) is 37.7 Å². The molecule has 1 saturated heterocycles. The molecular formula is C15H22N2O. The van der Waals surface area contributed by atoms with E-state index in [0.29, 0.717) is 5.91 Å². The highest BCUT2D eigenvalue weighted by molar-refractivity contribution is 5.76. The van der Waals surface area contributed by atoms with Crippen molar-refractivity contribution in [2.24, 2.45) is 0 Å². The second kappa shape index (κ2) is 6.43. The first kappa shape index (κ1) is 12.9. The van der Waals surface area contributed by atoms with Crippen LogP contribution in [0, 0.1) is 0 Å². The van der Waals surface area contributed by atoms with E-state index in [1.54, 1.807) is 0 Å². The fourth-order valence-electron chi connectivity index (χ4n) is 2.50. The van der Waals surface area contributed by atoms with E-state index in [1.807, 2.05) is 23.1 Å². The molecule has 3 heteroatoms. The molecule has 1 aliphatic rings. The molecule has 0 radical (unpaired) electrons. The lowest BCUT2D eigenvalue weighted by molar-refractivity contribution is -0.130. The number of rotatable bonds is 4. The second-order valence-electron chi connectivity index (χ2n) is 5.04. The number of likely N-dealkylation sites (tertiary alicyclic amines) is 1. The van der Waals surface area contributed by atoms with Gasteiger partial charge in [0.15, 0.2) is 0 Å². The summed E-state index contributed by atoms with van der Waals surface area (Å²) in [5.41, 5.74) is 7.83. The van der Waals surface area contributed by atoms with Crippen LogP contribution in [0.2, 0.25) is 0 Å². The van der Waals surface area contributed by atoms with Gasteiger partial charge in [0.05, 0.1) is 0 Å². The Kier molecular flexibility index (Phi) is 4.62. The third kappa shape index (κ3) is 3.76. The number of nitrogens with two attached hydrogens (primary N) is 1. The van der Waals surface area contributed by atoms with Gasteiger partial charge in [-0.1, -0.05) is 18.6 Å². The van der Waals surface area contributed by atoms with Crippen molar-refractivity contribution in [2.75, 3.05) is 18.8 Å². The Morgan fingerprint density at radius 1 is 1.22 bits per heavy atom. The van der Waals surface area contributed by atoms with Crippen molar-refractivity contribution in [3.63, 3.8) is 0 Å². The van der Waals surface area contributed by atoms with Crippen LogP contribution < -0.4 is 5.73 Å². The predicted molar refractivity (Wildman–Crippen MR) is 74.2 cm³/mol. The molecule has 1 amide bonds. The lowest BCUT2D eigenvalue weighted by Crippen LogP contribution is -2.31. The Labute approximate surface area is 109 Å². The van der Waals surface area contributed by atoms with Crippen molar-refractivity contribution < 1.29 is 4.79 Å². The molecule has 0 saturated carbocycles. The van der Waals surface area contributed by atoms with E-state index in [9.17, 15) is 4.79 Å². The molecule has 0 spiro atoms. The molecule has 98 valence electrons. The number of carbonyl (C=O) groups is 1. The topological polar surface area (TPSA) is 46.3 Å². The quantitative estimate of drug-likeness (QED) is 0.830. The number of amides is 1. The van der Waals surface area contributed by atoms with Gasteiger partial charge in [-0.05, 0) is 43.4 Å². The van der Waals surface area contributed by atoms with Crippen LogP contribution in [0.15, 0.2) is 24.3 Å². The lowest BCUT2D eigenvalue weighted by atomic mass is 10.1. The maximum absolute atomic E-state index is 11.8. The fraction of sp³-hybridized carbons (Fsp3) is 0.533. The van der Waals surface area contributed by atoms with Crippen molar-refractivity contribution >= 4 is 11.6 Å². The van der Waals surface area contributed by atoms with Gasteiger partial charge in [-0.15, -0.1) is 0 Å². The Bertz CT molecular complexity index is 403. The summed E-state index contributed by atoms with van der Waals surface area (Å²) in [6.07, 6.45) is 6.16. The maximum atomic E-state index is 11.8. The number of aryl methyl sites for hydroxylation is 1. The average Bonchev–Trinajstić information content (AvgIpc) is 2.55. The molecule has 18 heavy (non-hydrogen) atoms. The van der Waals surface area contributed by atoms with Gasteiger partial charge >= 0.3 is 0 Å². The molecule has 0 aliphatic carbocycles. The van der Waals surface area contributed by atoms with Crippen LogP contribution in [0.25, 0.3) is 0 Å². The van der Waals surface area contributed by atoms with Gasteiger partial charge in [0.25, 0.3) is 0 Å². The summed E-state index contributed by atoms with van der Waals surface area (Å²) >= 11 is 0. The molecule has 1 aromatic rings. The smallest absolute Gasteiger partial charge is 0.222 e. The van der Waals surface area contributed by atoms with Crippen molar-refractivity contribution in [1.29, 1.82) is 0 Å². The number of carbonyl (C=O) groups excluding carboxylic acids is 1. The molecule has 1 aromatic carbocycles. The number of benzene rings is 1. The molecular weight excluding hydrogens is 224 g/mol. The van der Waals surface area contributed by atoms with Crippen molar-refractivity contribution in [2.45, 2.75) is 38.5 Å². The Morgan fingerprint density at radius 2 is 2.11 bits per heavy atom. The van der Waals surface area contributed by atoms with Gasteiger partial charge in [-0.25, -0.2) is 0 Å². The summed E-state index contributed by atoms with van der Waals surface area (Å²) in [4.78, 5) is 13.8. The fourth-order valence-corrected chi connectivity index (χ4v) is 2.50. The van der Waals surface area contributed by atoms with Crippen LogP contribution in [0.3, 0.4) is 0 Å². The van der Waals surface area contributed by atoms with Gasteiger partial charge in [0.2, 0.25) is 5.91 Å². The van der Waals surface area contributed by atoms with Crippen LogP contribution in [-0.2, 0) is 11.2 Å². The Morgan fingerprint density at radius 3 is 2.94 bits per heavy atom. The van der Waals surface area contributed by atoms with E-state index in [4.69, 9.17) is 5.73 Å². The van der Waals surface area contributed by atoms with E-state index in [-0.39, 0.29) is 0 Å². The Balaban J connectivity index is 1.79. The monoisotopic (exact) mass is 246 g/mol. The summed E-state index contributed by atoms with van der Waals surface area (Å²) in [5, 5.41) is 0. The summed E-state index contributed by atoms with van der Waals surface area (Å²) in [5.74, 6) is 0.333. The number of nitrogens with zero attached hydrogens (tertiary/aromatic N) is 1. The van der Waals surface area contributed by atoms with Gasteiger partial charge in [-0.2, -0.15) is 0 Å². The largest absolute Gasteiger partial charge is 0.399 e. The molecule has 1 heterocycles. The standard InChI is InChI=1S/C15H22N2O/c16-14-8-4-6-13(12-14)7-5-11-17-10-3-1-2-9-15(17)18/h4,6,8,12H,1-3,5,7,9-11,16H2. The summed E-state index contributed by atoms with van der Waals surface area (Å²) in [6.45, 7) is 1.82. The average molecular weight is 246 g/mol. The lowest BCUT2D eigenvalue weighted by Gasteiger charge is -2.20. The zero-order valence-corrected chi connectivity index (χ0v) is 10.9. The van der Waals surface area contributed by atoms with Crippen molar-refractivity contribution in [3.8, 4) is 0 Å². The molecule has 0 aromatic heterocycles. The molecule has 1 fully saturated rings. The maximum Gasteiger partial charge on any atom is 0.222 e. The number of anilines is 1. The van der Waals surface area contributed by atoms with Crippen LogP contribution in [0.5, 0.6) is 0 Å². The normalized spacial score (nSPS) is 16.7. The van der Waals surface area contributed by atoms with E-state index < -0.39 is 0 Å². The van der Waals surface area contributed by atoms with E-state index in [0.717, 1.165) is 50.9 Å². The molecule has 0 bridgehead atoms. The minimum Gasteiger partial charge on any atom is -0.399 e. The van der Waals surface area contributed by atoms with Gasteiger partial charge in [-0.3, -0.25) is 4.79 Å². The van der Waals surface area contributed by atoms with Gasteiger partial charge in [0.1, 0.15) is 0 Å². The third-order valence-corrected chi connectivity index (χ3v) is 3.52. The van der Waals surface area contributed by atoms with Crippen LogP contribution in [-0.4, -0.2) is 23.9 Å². The summed E-state index contributed by atoms with van der Waals surface area (Å²) in [7, 11) is 0. The highest BCUT2D eigenvalue weighted by atomic mass is 16.2. The minimum atomic E-state index is 0.333. The first-order chi connectivity index (χ1) is 8.75.